The zero-order valence-electron chi connectivity index (χ0n) is 17.7. The number of carbonyl (C=O) groups is 1. The molecular formula is C22H24FN3O3S2. The Morgan fingerprint density at radius 3 is 2.42 bits per heavy atom. The van der Waals surface area contributed by atoms with Crippen molar-refractivity contribution in [3.05, 3.63) is 76.0 Å². The Hall–Kier alpha value is -2.62. The number of amides is 1. The number of hydrogen-bond acceptors (Lipinski definition) is 5. The Balaban J connectivity index is 2.00. The second kappa shape index (κ2) is 9.25. The summed E-state index contributed by atoms with van der Waals surface area (Å²) in [5, 5.41) is 2.73. The van der Waals surface area contributed by atoms with E-state index in [-0.39, 0.29) is 23.0 Å². The van der Waals surface area contributed by atoms with E-state index in [0.717, 1.165) is 5.01 Å². The molecule has 0 saturated heterocycles. The summed E-state index contributed by atoms with van der Waals surface area (Å²) in [6.45, 7) is 5.60. The van der Waals surface area contributed by atoms with Gasteiger partial charge in [0.25, 0.3) is 5.91 Å². The van der Waals surface area contributed by atoms with Crippen LogP contribution in [0.1, 0.15) is 34.9 Å². The Kier molecular flexibility index (Phi) is 6.88. The molecule has 1 heterocycles. The van der Waals surface area contributed by atoms with Gasteiger partial charge in [-0.05, 0) is 63.2 Å². The average Bonchev–Trinajstić information content (AvgIpc) is 3.16. The van der Waals surface area contributed by atoms with Crippen molar-refractivity contribution in [2.24, 2.45) is 0 Å². The minimum absolute atomic E-state index is 0.0399. The van der Waals surface area contributed by atoms with E-state index < -0.39 is 21.7 Å². The van der Waals surface area contributed by atoms with Crippen LogP contribution in [0, 0.1) is 12.7 Å². The molecular weight excluding hydrogens is 437 g/mol. The monoisotopic (exact) mass is 461 g/mol. The van der Waals surface area contributed by atoms with Gasteiger partial charge in [0.15, 0.2) is 0 Å². The van der Waals surface area contributed by atoms with E-state index in [4.69, 9.17) is 0 Å². The highest BCUT2D eigenvalue weighted by molar-refractivity contribution is 7.89. The van der Waals surface area contributed by atoms with Crippen LogP contribution in [0.15, 0.2) is 58.8 Å². The number of anilines is 1. The van der Waals surface area contributed by atoms with E-state index in [1.807, 2.05) is 12.3 Å². The van der Waals surface area contributed by atoms with Crippen LogP contribution in [0.25, 0.3) is 0 Å². The smallest absolute Gasteiger partial charge is 0.258 e. The van der Waals surface area contributed by atoms with Gasteiger partial charge in [0.1, 0.15) is 5.82 Å². The largest absolute Gasteiger partial charge is 0.302 e. The predicted molar refractivity (Wildman–Crippen MR) is 120 cm³/mol. The van der Waals surface area contributed by atoms with Crippen molar-refractivity contribution in [2.75, 3.05) is 11.9 Å². The number of rotatable bonds is 7. The van der Waals surface area contributed by atoms with Crippen molar-refractivity contribution in [1.29, 1.82) is 0 Å². The molecule has 3 aromatic rings. The van der Waals surface area contributed by atoms with Crippen molar-refractivity contribution in [2.45, 2.75) is 38.3 Å². The summed E-state index contributed by atoms with van der Waals surface area (Å²) < 4.78 is 40.4. The number of benzene rings is 2. The molecule has 1 aromatic heterocycles. The second-order valence-corrected chi connectivity index (χ2v) is 10.4. The molecule has 3 rings (SSSR count). The van der Waals surface area contributed by atoms with Gasteiger partial charge in [0.2, 0.25) is 10.0 Å². The van der Waals surface area contributed by atoms with Crippen LogP contribution in [0.4, 0.5) is 10.1 Å². The number of thiazole rings is 1. The maximum Gasteiger partial charge on any atom is 0.258 e. The molecule has 1 amide bonds. The van der Waals surface area contributed by atoms with Crippen LogP contribution in [0.5, 0.6) is 0 Å². The van der Waals surface area contributed by atoms with Crippen LogP contribution in [0.3, 0.4) is 0 Å². The number of aromatic nitrogens is 1. The number of nitrogens with zero attached hydrogens (tertiary/aromatic N) is 3. The highest BCUT2D eigenvalue weighted by atomic mass is 32.2. The van der Waals surface area contributed by atoms with Gasteiger partial charge in [-0.25, -0.2) is 17.8 Å². The first-order chi connectivity index (χ1) is 14.6. The van der Waals surface area contributed by atoms with Gasteiger partial charge in [-0.1, -0.05) is 6.07 Å². The molecule has 0 unspecified atom stereocenters. The van der Waals surface area contributed by atoms with E-state index in [0.29, 0.717) is 11.4 Å². The molecule has 0 spiro atoms. The van der Waals surface area contributed by atoms with E-state index in [1.165, 1.54) is 64.0 Å². The highest BCUT2D eigenvalue weighted by Crippen LogP contribution is 2.24. The molecule has 0 aliphatic rings. The first-order valence-electron chi connectivity index (χ1n) is 9.66. The molecule has 0 aliphatic heterocycles. The molecule has 0 saturated carbocycles. The van der Waals surface area contributed by atoms with E-state index in [2.05, 4.69) is 4.98 Å². The van der Waals surface area contributed by atoms with Crippen molar-refractivity contribution in [3.63, 3.8) is 0 Å². The third kappa shape index (κ3) is 5.17. The second-order valence-electron chi connectivity index (χ2n) is 7.37. The molecule has 9 heteroatoms. The number of carbonyl (C=O) groups excluding carboxylic acids is 1. The Morgan fingerprint density at radius 1 is 1.16 bits per heavy atom. The van der Waals surface area contributed by atoms with Gasteiger partial charge < -0.3 is 4.90 Å². The van der Waals surface area contributed by atoms with Crippen LogP contribution >= 0.6 is 11.3 Å². The molecule has 0 N–H and O–H groups in total. The first kappa shape index (κ1) is 23.1. The zero-order valence-corrected chi connectivity index (χ0v) is 19.4. The lowest BCUT2D eigenvalue weighted by Crippen LogP contribution is -2.33. The van der Waals surface area contributed by atoms with Crippen molar-refractivity contribution < 1.29 is 17.6 Å². The summed E-state index contributed by atoms with van der Waals surface area (Å²) in [7, 11) is -2.24. The van der Waals surface area contributed by atoms with Gasteiger partial charge >= 0.3 is 0 Å². The quantitative estimate of drug-likeness (QED) is 0.521. The maximum atomic E-state index is 13.4. The Bertz CT molecular complexity index is 1170. The SMILES string of the molecule is Cc1nc(CN(C(=O)c2cccc(S(=O)(=O)N(C)C(C)C)c2)c2ccc(F)cc2)cs1. The number of halogens is 1. The fraction of sp³-hybridized carbons (Fsp3) is 0.273. The van der Waals surface area contributed by atoms with Crippen molar-refractivity contribution in [3.8, 4) is 0 Å². The normalized spacial score (nSPS) is 11.8. The zero-order chi connectivity index (χ0) is 22.8. The van der Waals surface area contributed by atoms with Crippen molar-refractivity contribution in [1.82, 2.24) is 9.29 Å². The van der Waals surface area contributed by atoms with Gasteiger partial charge in [-0.2, -0.15) is 4.31 Å². The Labute approximate surface area is 186 Å². The third-order valence-corrected chi connectivity index (χ3v) is 7.71. The summed E-state index contributed by atoms with van der Waals surface area (Å²) in [6, 6.07) is 11.3. The van der Waals surface area contributed by atoms with E-state index in [9.17, 15) is 17.6 Å². The molecule has 164 valence electrons. The van der Waals surface area contributed by atoms with Crippen LogP contribution in [-0.2, 0) is 16.6 Å². The average molecular weight is 462 g/mol. The fourth-order valence-corrected chi connectivity index (χ4v) is 4.95. The molecule has 31 heavy (non-hydrogen) atoms. The number of hydrogen-bond donors (Lipinski definition) is 0. The summed E-state index contributed by atoms with van der Waals surface area (Å²) in [6.07, 6.45) is 0. The standard InChI is InChI=1S/C22H24FN3O3S2/c1-15(2)25(4)31(28,29)21-7-5-6-17(12-21)22(27)26(13-19-14-30-16(3)24-19)20-10-8-18(23)9-11-20/h5-12,14-15H,13H2,1-4H3. The molecule has 0 radical (unpaired) electrons. The lowest BCUT2D eigenvalue weighted by Gasteiger charge is -2.24. The highest BCUT2D eigenvalue weighted by Gasteiger charge is 2.25. The molecule has 0 fully saturated rings. The lowest BCUT2D eigenvalue weighted by molar-refractivity contribution is 0.0984. The minimum Gasteiger partial charge on any atom is -0.302 e. The summed E-state index contributed by atoms with van der Waals surface area (Å²) in [4.78, 5) is 19.3. The van der Waals surface area contributed by atoms with Crippen LogP contribution in [0.2, 0.25) is 0 Å². The Morgan fingerprint density at radius 2 is 1.84 bits per heavy atom. The lowest BCUT2D eigenvalue weighted by atomic mass is 10.1. The first-order valence-corrected chi connectivity index (χ1v) is 12.0. The molecule has 2 aromatic carbocycles. The topological polar surface area (TPSA) is 70.6 Å². The minimum atomic E-state index is -3.74. The summed E-state index contributed by atoms with van der Waals surface area (Å²) in [5.74, 6) is -0.813. The van der Waals surface area contributed by atoms with Gasteiger partial charge in [0, 0.05) is 29.7 Å². The van der Waals surface area contributed by atoms with E-state index >= 15 is 0 Å². The van der Waals surface area contributed by atoms with Crippen molar-refractivity contribution >= 4 is 33.0 Å². The maximum absolute atomic E-state index is 13.4. The summed E-state index contributed by atoms with van der Waals surface area (Å²) >= 11 is 1.47. The van der Waals surface area contributed by atoms with Gasteiger partial charge in [0.05, 0.1) is 22.1 Å². The van der Waals surface area contributed by atoms with Gasteiger partial charge in [-0.3, -0.25) is 4.79 Å². The molecule has 0 atom stereocenters. The van der Waals surface area contributed by atoms with E-state index in [1.54, 1.807) is 26.0 Å². The molecule has 6 nitrogen and oxygen atoms in total. The molecule has 0 aliphatic carbocycles. The third-order valence-electron chi connectivity index (χ3n) is 4.86. The van der Waals surface area contributed by atoms with Gasteiger partial charge in [-0.15, -0.1) is 11.3 Å². The van der Waals surface area contributed by atoms with Crippen LogP contribution < -0.4 is 4.90 Å². The summed E-state index contributed by atoms with van der Waals surface area (Å²) in [5.41, 5.74) is 1.41. The van der Waals surface area contributed by atoms with Crippen LogP contribution in [-0.4, -0.2) is 36.7 Å². The number of sulfonamides is 1. The fourth-order valence-electron chi connectivity index (χ4n) is 2.93. The number of aryl methyl sites for hydroxylation is 1. The predicted octanol–water partition coefficient (Wildman–Crippen LogP) is 4.47. The molecule has 0 bridgehead atoms.